The van der Waals surface area contributed by atoms with Crippen molar-refractivity contribution in [1.29, 1.82) is 0 Å². The first-order valence-electron chi connectivity index (χ1n) is 7.60. The number of nitrogens with one attached hydrogen (secondary N) is 1. The normalized spacial score (nSPS) is 12.8. The van der Waals surface area contributed by atoms with Gasteiger partial charge in [-0.05, 0) is 50.4 Å². The molecule has 0 fully saturated rings. The molecule has 0 heterocycles. The van der Waals surface area contributed by atoms with Gasteiger partial charge in [0, 0.05) is 16.6 Å². The molecular weight excluding hydrogens is 314 g/mol. The predicted octanol–water partition coefficient (Wildman–Crippen LogP) is 5.07. The Kier molecular flexibility index (Phi) is 7.60. The van der Waals surface area contributed by atoms with Crippen molar-refractivity contribution in [3.8, 4) is 5.75 Å². The Morgan fingerprint density at radius 1 is 1.25 bits per heavy atom. The van der Waals surface area contributed by atoms with E-state index in [1.54, 1.807) is 0 Å². The first-order chi connectivity index (χ1) is 9.43. The Hall–Kier alpha value is -0.540. The molecule has 3 heteroatoms. The number of aryl methyl sites for hydroxylation is 1. The van der Waals surface area contributed by atoms with Crippen molar-refractivity contribution in [2.75, 3.05) is 6.54 Å². The summed E-state index contributed by atoms with van der Waals surface area (Å²) < 4.78 is 7.29. The first-order valence-corrected chi connectivity index (χ1v) is 8.39. The topological polar surface area (TPSA) is 21.3 Å². The Balaban J connectivity index is 2.84. The van der Waals surface area contributed by atoms with Gasteiger partial charge < -0.3 is 10.1 Å². The van der Waals surface area contributed by atoms with E-state index in [0.29, 0.717) is 5.92 Å². The molecule has 0 aromatic heterocycles. The summed E-state index contributed by atoms with van der Waals surface area (Å²) in [6.07, 6.45) is 2.51. The van der Waals surface area contributed by atoms with E-state index in [9.17, 15) is 0 Å². The third-order valence-electron chi connectivity index (χ3n) is 3.20. The summed E-state index contributed by atoms with van der Waals surface area (Å²) in [5.74, 6) is 1.71. The fourth-order valence-electron chi connectivity index (χ4n) is 2.26. The third kappa shape index (κ3) is 5.84. The van der Waals surface area contributed by atoms with Crippen LogP contribution in [-0.2, 0) is 6.54 Å². The van der Waals surface area contributed by atoms with Crippen molar-refractivity contribution >= 4 is 15.9 Å². The predicted molar refractivity (Wildman–Crippen MR) is 90.4 cm³/mol. The molecule has 1 aromatic carbocycles. The molecule has 0 saturated heterocycles. The van der Waals surface area contributed by atoms with Crippen molar-refractivity contribution in [3.63, 3.8) is 0 Å². The summed E-state index contributed by atoms with van der Waals surface area (Å²) in [6, 6.07) is 4.29. The lowest BCUT2D eigenvalue weighted by atomic mass is 10.1. The molecule has 0 aliphatic heterocycles. The average molecular weight is 342 g/mol. The van der Waals surface area contributed by atoms with E-state index in [4.69, 9.17) is 4.74 Å². The summed E-state index contributed by atoms with van der Waals surface area (Å²) >= 11 is 3.58. The van der Waals surface area contributed by atoms with Crippen LogP contribution in [0, 0.1) is 12.8 Å². The number of benzene rings is 1. The van der Waals surface area contributed by atoms with E-state index in [-0.39, 0.29) is 6.10 Å². The van der Waals surface area contributed by atoms with Crippen LogP contribution in [0.5, 0.6) is 5.75 Å². The smallest absolute Gasteiger partial charge is 0.127 e. The molecule has 2 nitrogen and oxygen atoms in total. The molecule has 1 atom stereocenters. The second kappa shape index (κ2) is 8.68. The third-order valence-corrected chi connectivity index (χ3v) is 3.66. The van der Waals surface area contributed by atoms with Gasteiger partial charge in [0.2, 0.25) is 0 Å². The minimum Gasteiger partial charge on any atom is -0.490 e. The van der Waals surface area contributed by atoms with Gasteiger partial charge in [-0.25, -0.2) is 0 Å². The van der Waals surface area contributed by atoms with Crippen LogP contribution in [0.4, 0.5) is 0 Å². The zero-order valence-corrected chi connectivity index (χ0v) is 15.0. The molecule has 0 saturated carbocycles. The molecule has 0 aliphatic carbocycles. The Morgan fingerprint density at radius 3 is 2.55 bits per heavy atom. The fraction of sp³-hybridized carbons (Fsp3) is 0.647. The summed E-state index contributed by atoms with van der Waals surface area (Å²) in [5, 5.41) is 3.50. The molecule has 0 radical (unpaired) electrons. The van der Waals surface area contributed by atoms with E-state index in [0.717, 1.165) is 36.2 Å². The molecule has 1 aromatic rings. The van der Waals surface area contributed by atoms with Crippen LogP contribution < -0.4 is 10.1 Å². The molecule has 1 unspecified atom stereocenters. The minimum atomic E-state index is 0.267. The van der Waals surface area contributed by atoms with Crippen LogP contribution in [0.1, 0.15) is 51.7 Å². The standard InChI is InChI=1S/C17H28BrNO/c1-6-7-14(5)20-17-13(4)8-16(18)9-15(17)11-19-10-12(2)3/h8-9,12,14,19H,6-7,10-11H2,1-5H3. The molecule has 0 aliphatic rings. The summed E-state index contributed by atoms with van der Waals surface area (Å²) in [6.45, 7) is 12.8. The highest BCUT2D eigenvalue weighted by Gasteiger charge is 2.12. The van der Waals surface area contributed by atoms with E-state index >= 15 is 0 Å². The molecule has 114 valence electrons. The van der Waals surface area contributed by atoms with Crippen LogP contribution in [0.3, 0.4) is 0 Å². The Morgan fingerprint density at radius 2 is 1.95 bits per heavy atom. The summed E-state index contributed by atoms with van der Waals surface area (Å²) in [5.41, 5.74) is 2.43. The largest absolute Gasteiger partial charge is 0.490 e. The number of rotatable bonds is 8. The van der Waals surface area contributed by atoms with Gasteiger partial charge in [-0.1, -0.05) is 43.1 Å². The van der Waals surface area contributed by atoms with Crippen molar-refractivity contribution in [2.24, 2.45) is 5.92 Å². The SMILES string of the molecule is CCCC(C)Oc1c(C)cc(Br)cc1CNCC(C)C. The maximum atomic E-state index is 6.17. The van der Waals surface area contributed by atoms with Gasteiger partial charge in [0.25, 0.3) is 0 Å². The van der Waals surface area contributed by atoms with E-state index in [1.807, 2.05) is 0 Å². The Labute approximate surface area is 132 Å². The maximum absolute atomic E-state index is 6.17. The van der Waals surface area contributed by atoms with Gasteiger partial charge in [0.15, 0.2) is 0 Å². The van der Waals surface area contributed by atoms with Crippen LogP contribution in [0.15, 0.2) is 16.6 Å². The molecular formula is C17H28BrNO. The van der Waals surface area contributed by atoms with Crippen LogP contribution >= 0.6 is 15.9 Å². The van der Waals surface area contributed by atoms with Crippen LogP contribution in [0.25, 0.3) is 0 Å². The number of halogens is 1. The number of hydrogen-bond acceptors (Lipinski definition) is 2. The van der Waals surface area contributed by atoms with Gasteiger partial charge >= 0.3 is 0 Å². The second-order valence-corrected chi connectivity index (χ2v) is 6.87. The first kappa shape index (κ1) is 17.5. The van der Waals surface area contributed by atoms with Crippen molar-refractivity contribution in [1.82, 2.24) is 5.32 Å². The van der Waals surface area contributed by atoms with E-state index in [1.165, 1.54) is 11.1 Å². The van der Waals surface area contributed by atoms with Crippen LogP contribution in [-0.4, -0.2) is 12.6 Å². The monoisotopic (exact) mass is 341 g/mol. The lowest BCUT2D eigenvalue weighted by Crippen LogP contribution is -2.20. The summed E-state index contributed by atoms with van der Waals surface area (Å²) in [4.78, 5) is 0. The molecule has 0 amide bonds. The Bertz CT molecular complexity index is 418. The van der Waals surface area contributed by atoms with Gasteiger partial charge in [-0.3, -0.25) is 0 Å². The van der Waals surface area contributed by atoms with E-state index < -0.39 is 0 Å². The van der Waals surface area contributed by atoms with Gasteiger partial charge in [-0.15, -0.1) is 0 Å². The summed E-state index contributed by atoms with van der Waals surface area (Å²) in [7, 11) is 0. The lowest BCUT2D eigenvalue weighted by molar-refractivity contribution is 0.206. The molecule has 0 bridgehead atoms. The highest BCUT2D eigenvalue weighted by Crippen LogP contribution is 2.29. The number of hydrogen-bond donors (Lipinski definition) is 1. The number of ether oxygens (including phenoxy) is 1. The fourth-order valence-corrected chi connectivity index (χ4v) is 2.88. The van der Waals surface area contributed by atoms with Crippen molar-refractivity contribution in [3.05, 3.63) is 27.7 Å². The molecule has 1 N–H and O–H groups in total. The second-order valence-electron chi connectivity index (χ2n) is 5.95. The van der Waals surface area contributed by atoms with Crippen molar-refractivity contribution in [2.45, 2.75) is 60.1 Å². The molecule has 0 spiro atoms. The van der Waals surface area contributed by atoms with E-state index in [2.05, 4.69) is 68.0 Å². The van der Waals surface area contributed by atoms with Crippen molar-refractivity contribution < 1.29 is 4.74 Å². The van der Waals surface area contributed by atoms with Gasteiger partial charge in [0.05, 0.1) is 6.10 Å². The lowest BCUT2D eigenvalue weighted by Gasteiger charge is -2.20. The minimum absolute atomic E-state index is 0.267. The van der Waals surface area contributed by atoms with Crippen LogP contribution in [0.2, 0.25) is 0 Å². The van der Waals surface area contributed by atoms with Gasteiger partial charge in [0.1, 0.15) is 5.75 Å². The average Bonchev–Trinajstić information content (AvgIpc) is 2.33. The zero-order valence-electron chi connectivity index (χ0n) is 13.4. The highest BCUT2D eigenvalue weighted by atomic mass is 79.9. The molecule has 1 rings (SSSR count). The highest BCUT2D eigenvalue weighted by molar-refractivity contribution is 9.10. The quantitative estimate of drug-likeness (QED) is 0.712. The molecule has 20 heavy (non-hydrogen) atoms. The maximum Gasteiger partial charge on any atom is 0.127 e. The van der Waals surface area contributed by atoms with Gasteiger partial charge in [-0.2, -0.15) is 0 Å². The zero-order chi connectivity index (χ0) is 15.1.